The van der Waals surface area contributed by atoms with Gasteiger partial charge in [-0.1, -0.05) is 19.9 Å². The summed E-state index contributed by atoms with van der Waals surface area (Å²) in [7, 11) is 4.20. The molecule has 0 aliphatic carbocycles. The number of esters is 1. The van der Waals surface area contributed by atoms with Gasteiger partial charge in [0.05, 0.1) is 37.8 Å². The molecule has 258 valence electrons. The summed E-state index contributed by atoms with van der Waals surface area (Å²) < 4.78 is 77.1. The molecule has 4 rings (SSSR count). The molecular weight excluding hydrogens is 631 g/mol. The Labute approximate surface area is 277 Å². The zero-order valence-corrected chi connectivity index (χ0v) is 28.3. The minimum absolute atomic E-state index is 0.0273. The van der Waals surface area contributed by atoms with Crippen LogP contribution in [0.4, 0.5) is 13.2 Å². The number of benzene rings is 3. The van der Waals surface area contributed by atoms with Gasteiger partial charge in [0, 0.05) is 6.54 Å². The normalized spacial score (nSPS) is 11.6. The maximum atomic E-state index is 14.6. The number of hydrogen-bond acceptors (Lipinski definition) is 9. The predicted molar refractivity (Wildman–Crippen MR) is 175 cm³/mol. The summed E-state index contributed by atoms with van der Waals surface area (Å²) in [4.78, 5) is 29.4. The summed E-state index contributed by atoms with van der Waals surface area (Å²) >= 11 is 0. The number of fused-ring (bicyclic) bond motifs is 1. The van der Waals surface area contributed by atoms with E-state index in [1.165, 1.54) is 45.6 Å². The molecule has 1 aromatic heterocycles. The Morgan fingerprint density at radius 1 is 0.833 bits per heavy atom. The van der Waals surface area contributed by atoms with Crippen molar-refractivity contribution in [3.05, 3.63) is 80.2 Å². The average molecular weight is 672 g/mol. The van der Waals surface area contributed by atoms with E-state index >= 15 is 0 Å². The number of halogens is 3. The molecule has 0 bridgehead atoms. The van der Waals surface area contributed by atoms with Gasteiger partial charge in [-0.25, -0.2) is 4.79 Å². The van der Waals surface area contributed by atoms with E-state index in [0.29, 0.717) is 18.7 Å². The van der Waals surface area contributed by atoms with Crippen LogP contribution in [-0.4, -0.2) is 45.3 Å². The second-order valence-electron chi connectivity index (χ2n) is 11.4. The highest BCUT2D eigenvalue weighted by atomic mass is 19.4. The SMILES string of the molecule is CCCN(CCC)Cc1c(OC(=O)c2cc(OC)c(OC)c(OC)c2)ccc2c(=O)c(Oc3cc(C)cc(C)c3C)c(C(F)(F)F)oc12. The van der Waals surface area contributed by atoms with Gasteiger partial charge in [-0.15, -0.1) is 0 Å². The van der Waals surface area contributed by atoms with Gasteiger partial charge in [0.2, 0.25) is 16.9 Å². The number of hydrogen-bond donors (Lipinski definition) is 0. The lowest BCUT2D eigenvalue weighted by Gasteiger charge is -2.23. The highest BCUT2D eigenvalue weighted by Crippen LogP contribution is 2.42. The first-order valence-corrected chi connectivity index (χ1v) is 15.5. The van der Waals surface area contributed by atoms with Crippen molar-refractivity contribution in [2.24, 2.45) is 0 Å². The third-order valence-electron chi connectivity index (χ3n) is 7.88. The van der Waals surface area contributed by atoms with E-state index in [1.807, 2.05) is 24.8 Å². The van der Waals surface area contributed by atoms with Crippen molar-refractivity contribution in [1.82, 2.24) is 4.90 Å². The van der Waals surface area contributed by atoms with Crippen molar-refractivity contribution in [3.8, 4) is 34.5 Å². The number of ether oxygens (including phenoxy) is 5. The van der Waals surface area contributed by atoms with Gasteiger partial charge in [-0.05, 0) is 93.7 Å². The van der Waals surface area contributed by atoms with Crippen LogP contribution in [0, 0.1) is 20.8 Å². The molecule has 3 aromatic carbocycles. The zero-order chi connectivity index (χ0) is 35.3. The maximum Gasteiger partial charge on any atom is 0.453 e. The first kappa shape index (κ1) is 36.1. The molecule has 12 heteroatoms. The Hall–Kier alpha value is -4.71. The highest BCUT2D eigenvalue weighted by molar-refractivity contribution is 5.94. The standard InChI is InChI=1S/C36H40F3NO8/c1-9-13-40(14-10-2)19-25-26(47-35(42)23-17-28(43-6)32(45-8)29(18-23)44-7)12-11-24-30(41)33(34(36(37,38)39)48-31(24)25)46-27-16-20(3)15-21(4)22(27)5/h11-12,15-18H,9-10,13-14,19H2,1-8H3. The van der Waals surface area contributed by atoms with E-state index in [-0.39, 0.29) is 57.4 Å². The lowest BCUT2D eigenvalue weighted by Crippen LogP contribution is -2.26. The van der Waals surface area contributed by atoms with Crippen LogP contribution in [0.5, 0.6) is 34.5 Å². The Kier molecular flexibility index (Phi) is 11.3. The third-order valence-corrected chi connectivity index (χ3v) is 7.88. The molecule has 0 aliphatic rings. The molecule has 0 saturated carbocycles. The topological polar surface area (TPSA) is 96.7 Å². The predicted octanol–water partition coefficient (Wildman–Crippen LogP) is 8.40. The van der Waals surface area contributed by atoms with E-state index < -0.39 is 29.1 Å². The average Bonchev–Trinajstić information content (AvgIpc) is 3.04. The largest absolute Gasteiger partial charge is 0.493 e. The van der Waals surface area contributed by atoms with Crippen LogP contribution in [0.1, 0.15) is 65.1 Å². The maximum absolute atomic E-state index is 14.6. The van der Waals surface area contributed by atoms with Gasteiger partial charge in [0.1, 0.15) is 17.1 Å². The van der Waals surface area contributed by atoms with Crippen molar-refractivity contribution in [2.45, 2.75) is 60.2 Å². The number of rotatable bonds is 13. The molecule has 4 aromatic rings. The second-order valence-corrected chi connectivity index (χ2v) is 11.4. The molecule has 0 fully saturated rings. The number of methoxy groups -OCH3 is 3. The first-order valence-electron chi connectivity index (χ1n) is 15.5. The second kappa shape index (κ2) is 15.0. The van der Waals surface area contributed by atoms with Crippen LogP contribution in [0.15, 0.2) is 45.6 Å². The Morgan fingerprint density at radius 2 is 1.46 bits per heavy atom. The lowest BCUT2D eigenvalue weighted by molar-refractivity contribution is -0.154. The summed E-state index contributed by atoms with van der Waals surface area (Å²) in [5.41, 5.74) is 0.882. The number of alkyl halides is 3. The van der Waals surface area contributed by atoms with Gasteiger partial charge >= 0.3 is 12.1 Å². The number of aryl methyl sites for hydroxylation is 2. The molecule has 1 heterocycles. The fourth-order valence-corrected chi connectivity index (χ4v) is 5.50. The Bertz CT molecular complexity index is 1830. The van der Waals surface area contributed by atoms with Crippen molar-refractivity contribution in [3.63, 3.8) is 0 Å². The molecule has 0 saturated heterocycles. The molecule has 9 nitrogen and oxygen atoms in total. The molecule has 0 spiro atoms. The summed E-state index contributed by atoms with van der Waals surface area (Å²) in [5.74, 6) is -2.73. The van der Waals surface area contributed by atoms with Crippen LogP contribution < -0.4 is 29.1 Å². The molecule has 0 N–H and O–H groups in total. The van der Waals surface area contributed by atoms with E-state index in [4.69, 9.17) is 28.1 Å². The Balaban J connectivity index is 1.95. The Morgan fingerprint density at radius 3 is 2.00 bits per heavy atom. The minimum atomic E-state index is -5.10. The van der Waals surface area contributed by atoms with Gasteiger partial charge in [0.25, 0.3) is 5.76 Å². The summed E-state index contributed by atoms with van der Waals surface area (Å²) in [6, 6.07) is 8.86. The molecule has 0 amide bonds. The molecule has 0 unspecified atom stereocenters. The van der Waals surface area contributed by atoms with Crippen LogP contribution in [0.3, 0.4) is 0 Å². The molecular formula is C36H40F3NO8. The molecule has 0 radical (unpaired) electrons. The highest BCUT2D eigenvalue weighted by Gasteiger charge is 2.41. The fraction of sp³-hybridized carbons (Fsp3) is 0.389. The van der Waals surface area contributed by atoms with E-state index in [0.717, 1.165) is 24.0 Å². The van der Waals surface area contributed by atoms with Gasteiger partial charge in [0.15, 0.2) is 11.5 Å². The zero-order valence-electron chi connectivity index (χ0n) is 28.3. The van der Waals surface area contributed by atoms with Gasteiger partial charge in [-0.3, -0.25) is 9.69 Å². The molecule has 0 aliphatic heterocycles. The first-order chi connectivity index (χ1) is 22.8. The van der Waals surface area contributed by atoms with Crippen molar-refractivity contribution >= 4 is 16.9 Å². The van der Waals surface area contributed by atoms with E-state index in [2.05, 4.69) is 0 Å². The lowest BCUT2D eigenvalue weighted by atomic mass is 10.1. The summed E-state index contributed by atoms with van der Waals surface area (Å²) in [5, 5.41) is -0.157. The quantitative estimate of drug-likeness (QED) is 0.103. The number of carbonyl (C=O) groups excluding carboxylic acids is 1. The smallest absolute Gasteiger partial charge is 0.453 e. The third kappa shape index (κ3) is 7.54. The number of nitrogens with zero attached hydrogens (tertiary/aromatic N) is 1. The van der Waals surface area contributed by atoms with Crippen molar-refractivity contribution < 1.29 is 46.1 Å². The van der Waals surface area contributed by atoms with Crippen LogP contribution in [0.2, 0.25) is 0 Å². The summed E-state index contributed by atoms with van der Waals surface area (Å²) in [6.07, 6.45) is -3.60. The van der Waals surface area contributed by atoms with E-state index in [1.54, 1.807) is 26.8 Å². The van der Waals surface area contributed by atoms with E-state index in [9.17, 15) is 22.8 Å². The van der Waals surface area contributed by atoms with Crippen LogP contribution >= 0.6 is 0 Å². The number of carbonyl (C=O) groups is 1. The fourth-order valence-electron chi connectivity index (χ4n) is 5.50. The molecule has 48 heavy (non-hydrogen) atoms. The minimum Gasteiger partial charge on any atom is -0.493 e. The van der Waals surface area contributed by atoms with Gasteiger partial charge < -0.3 is 28.1 Å². The summed E-state index contributed by atoms with van der Waals surface area (Å²) in [6.45, 7) is 10.4. The van der Waals surface area contributed by atoms with Crippen molar-refractivity contribution in [2.75, 3.05) is 34.4 Å². The van der Waals surface area contributed by atoms with Crippen molar-refractivity contribution in [1.29, 1.82) is 0 Å². The van der Waals surface area contributed by atoms with Gasteiger partial charge in [-0.2, -0.15) is 13.2 Å². The molecule has 0 atom stereocenters. The monoisotopic (exact) mass is 671 g/mol. The van der Waals surface area contributed by atoms with Crippen LogP contribution in [-0.2, 0) is 12.7 Å². The van der Waals surface area contributed by atoms with Crippen LogP contribution in [0.25, 0.3) is 11.0 Å².